The monoisotopic (exact) mass is 381 g/mol. The van der Waals surface area contributed by atoms with E-state index in [9.17, 15) is 4.79 Å². The van der Waals surface area contributed by atoms with E-state index in [1.165, 1.54) is 0 Å². The summed E-state index contributed by atoms with van der Waals surface area (Å²) in [6.45, 7) is 6.76. The van der Waals surface area contributed by atoms with Crippen molar-refractivity contribution in [1.82, 2.24) is 20.1 Å². The summed E-state index contributed by atoms with van der Waals surface area (Å²) in [5, 5.41) is 13.4. The van der Waals surface area contributed by atoms with Crippen LogP contribution in [-0.2, 0) is 0 Å². The number of anilines is 1. The average molecular weight is 382 g/mol. The fourth-order valence-corrected chi connectivity index (χ4v) is 4.54. The highest BCUT2D eigenvalue weighted by Gasteiger charge is 2.33. The summed E-state index contributed by atoms with van der Waals surface area (Å²) in [7, 11) is 0. The van der Waals surface area contributed by atoms with E-state index >= 15 is 0 Å². The number of urea groups is 1. The molecular weight excluding hydrogens is 358 g/mol. The molecule has 6 nitrogen and oxygen atoms in total. The molecule has 1 aromatic carbocycles. The Balaban J connectivity index is 1.48. The van der Waals surface area contributed by atoms with Crippen molar-refractivity contribution in [1.29, 1.82) is 0 Å². The molecule has 1 aliphatic heterocycles. The molecule has 0 bridgehead atoms. The predicted molar refractivity (Wildman–Crippen MR) is 108 cm³/mol. The van der Waals surface area contributed by atoms with Crippen LogP contribution in [-0.4, -0.2) is 32.7 Å². The Morgan fingerprint density at radius 1 is 1.26 bits per heavy atom. The number of thiazole rings is 1. The number of amides is 2. The maximum atomic E-state index is 12.9. The largest absolute Gasteiger partial charge is 0.322 e. The average Bonchev–Trinajstić information content (AvgIpc) is 3.36. The summed E-state index contributed by atoms with van der Waals surface area (Å²) in [5.74, 6) is 0. The maximum Gasteiger partial charge on any atom is 0.322 e. The van der Waals surface area contributed by atoms with Crippen LogP contribution in [0.2, 0.25) is 0 Å². The third kappa shape index (κ3) is 3.47. The number of aromatic nitrogens is 3. The molecule has 1 aliphatic rings. The minimum Gasteiger partial charge on any atom is -0.317 e. The lowest BCUT2D eigenvalue weighted by Gasteiger charge is -2.25. The second-order valence-corrected chi connectivity index (χ2v) is 7.86. The standard InChI is InChI=1S/C20H23N5OS/c1-12-11-27-19(21-12)15-6-8-16(9-7-15)22-20(26)25-10-4-5-17(25)18-13(2)23-24-14(18)3/h6-9,11,17H,4-5,10H2,1-3H3,(H,22,26)(H,23,24). The van der Waals surface area contributed by atoms with Crippen LogP contribution in [0.1, 0.15) is 41.5 Å². The molecule has 1 atom stereocenters. The second-order valence-electron chi connectivity index (χ2n) is 7.00. The summed E-state index contributed by atoms with van der Waals surface area (Å²) in [6, 6.07) is 7.89. The molecule has 0 saturated carbocycles. The molecule has 0 radical (unpaired) electrons. The Morgan fingerprint density at radius 2 is 2.04 bits per heavy atom. The lowest BCUT2D eigenvalue weighted by molar-refractivity contribution is 0.207. The summed E-state index contributed by atoms with van der Waals surface area (Å²) in [5.41, 5.74) is 6.05. The zero-order valence-electron chi connectivity index (χ0n) is 15.7. The van der Waals surface area contributed by atoms with Crippen LogP contribution in [0.25, 0.3) is 10.6 Å². The number of likely N-dealkylation sites (tertiary alicyclic amines) is 1. The first-order valence-electron chi connectivity index (χ1n) is 9.14. The maximum absolute atomic E-state index is 12.9. The van der Waals surface area contributed by atoms with Gasteiger partial charge in [-0.05, 0) is 57.9 Å². The first kappa shape index (κ1) is 17.7. The van der Waals surface area contributed by atoms with Crippen LogP contribution in [0.15, 0.2) is 29.6 Å². The van der Waals surface area contributed by atoms with Gasteiger partial charge in [-0.1, -0.05) is 0 Å². The molecule has 140 valence electrons. The van der Waals surface area contributed by atoms with E-state index in [1.54, 1.807) is 11.3 Å². The molecule has 0 aliphatic carbocycles. The first-order valence-corrected chi connectivity index (χ1v) is 10.0. The van der Waals surface area contributed by atoms with Crippen molar-refractivity contribution in [3.05, 3.63) is 52.3 Å². The molecule has 1 fully saturated rings. The van der Waals surface area contributed by atoms with Crippen molar-refractivity contribution in [3.8, 4) is 10.6 Å². The predicted octanol–water partition coefficient (Wildman–Crippen LogP) is 4.83. The highest BCUT2D eigenvalue weighted by Crippen LogP contribution is 2.35. The van der Waals surface area contributed by atoms with E-state index in [0.29, 0.717) is 0 Å². The lowest BCUT2D eigenvalue weighted by Crippen LogP contribution is -2.34. The fourth-order valence-electron chi connectivity index (χ4n) is 3.74. The van der Waals surface area contributed by atoms with Gasteiger partial charge in [0.15, 0.2) is 0 Å². The number of H-pyrrole nitrogens is 1. The number of aryl methyl sites for hydroxylation is 3. The van der Waals surface area contributed by atoms with Gasteiger partial charge in [0.25, 0.3) is 0 Å². The summed E-state index contributed by atoms with van der Waals surface area (Å²) in [4.78, 5) is 19.3. The van der Waals surface area contributed by atoms with Gasteiger partial charge in [0.2, 0.25) is 0 Å². The lowest BCUT2D eigenvalue weighted by atomic mass is 10.0. The second kappa shape index (κ2) is 7.15. The number of benzene rings is 1. The van der Waals surface area contributed by atoms with Gasteiger partial charge in [-0.25, -0.2) is 9.78 Å². The van der Waals surface area contributed by atoms with Crippen molar-refractivity contribution < 1.29 is 4.79 Å². The Bertz CT molecular complexity index is 940. The molecule has 1 unspecified atom stereocenters. The number of hydrogen-bond donors (Lipinski definition) is 2. The van der Waals surface area contributed by atoms with Crippen molar-refractivity contribution in [2.24, 2.45) is 0 Å². The van der Waals surface area contributed by atoms with Gasteiger partial charge in [0.05, 0.1) is 11.7 Å². The SMILES string of the molecule is Cc1csc(-c2ccc(NC(=O)N3CCCC3c3c(C)n[nH]c3C)cc2)n1. The van der Waals surface area contributed by atoms with Gasteiger partial charge in [-0.2, -0.15) is 5.10 Å². The summed E-state index contributed by atoms with van der Waals surface area (Å²) in [6.07, 6.45) is 1.97. The van der Waals surface area contributed by atoms with E-state index in [-0.39, 0.29) is 12.1 Å². The molecule has 4 rings (SSSR count). The molecule has 3 heterocycles. The molecule has 7 heteroatoms. The molecule has 2 amide bonds. The van der Waals surface area contributed by atoms with E-state index in [2.05, 4.69) is 20.5 Å². The summed E-state index contributed by atoms with van der Waals surface area (Å²) >= 11 is 1.63. The van der Waals surface area contributed by atoms with E-state index in [0.717, 1.165) is 58.3 Å². The topological polar surface area (TPSA) is 73.9 Å². The minimum atomic E-state index is -0.0599. The molecular formula is C20H23N5OS. The molecule has 0 spiro atoms. The van der Waals surface area contributed by atoms with Crippen LogP contribution in [0.5, 0.6) is 0 Å². The van der Waals surface area contributed by atoms with Gasteiger partial charge >= 0.3 is 6.03 Å². The fraction of sp³-hybridized carbons (Fsp3) is 0.350. The smallest absolute Gasteiger partial charge is 0.317 e. The Kier molecular flexibility index (Phi) is 4.70. The highest BCUT2D eigenvalue weighted by atomic mass is 32.1. The van der Waals surface area contributed by atoms with Crippen molar-refractivity contribution in [2.45, 2.75) is 39.7 Å². The first-order chi connectivity index (χ1) is 13.0. The molecule has 27 heavy (non-hydrogen) atoms. The Morgan fingerprint density at radius 3 is 2.67 bits per heavy atom. The van der Waals surface area contributed by atoms with Gasteiger partial charge in [-0.3, -0.25) is 5.10 Å². The third-order valence-corrected chi connectivity index (χ3v) is 6.04. The van der Waals surface area contributed by atoms with Crippen LogP contribution >= 0.6 is 11.3 Å². The molecule has 2 N–H and O–H groups in total. The Labute approximate surface area is 162 Å². The van der Waals surface area contributed by atoms with Crippen LogP contribution < -0.4 is 5.32 Å². The molecule has 3 aromatic rings. The number of carbonyl (C=O) groups excluding carboxylic acids is 1. The van der Waals surface area contributed by atoms with Crippen molar-refractivity contribution in [3.63, 3.8) is 0 Å². The van der Waals surface area contributed by atoms with Crippen molar-refractivity contribution >= 4 is 23.1 Å². The molecule has 2 aromatic heterocycles. The third-order valence-electron chi connectivity index (χ3n) is 5.03. The van der Waals surface area contributed by atoms with E-state index in [4.69, 9.17) is 0 Å². The van der Waals surface area contributed by atoms with Crippen molar-refractivity contribution in [2.75, 3.05) is 11.9 Å². The summed E-state index contributed by atoms with van der Waals surface area (Å²) < 4.78 is 0. The van der Waals surface area contributed by atoms with Gasteiger partial charge in [-0.15, -0.1) is 11.3 Å². The molecule has 1 saturated heterocycles. The normalized spacial score (nSPS) is 16.7. The number of aromatic amines is 1. The van der Waals surface area contributed by atoms with E-state index < -0.39 is 0 Å². The quantitative estimate of drug-likeness (QED) is 0.682. The zero-order valence-corrected chi connectivity index (χ0v) is 16.6. The Hall–Kier alpha value is -2.67. The minimum absolute atomic E-state index is 0.0599. The zero-order chi connectivity index (χ0) is 19.0. The number of hydrogen-bond acceptors (Lipinski definition) is 4. The van der Waals surface area contributed by atoms with Crippen LogP contribution in [0.3, 0.4) is 0 Å². The number of nitrogens with one attached hydrogen (secondary N) is 2. The van der Waals surface area contributed by atoms with Gasteiger partial charge in [0.1, 0.15) is 5.01 Å². The highest BCUT2D eigenvalue weighted by molar-refractivity contribution is 7.13. The van der Waals surface area contributed by atoms with Gasteiger partial charge in [0, 0.05) is 40.1 Å². The van der Waals surface area contributed by atoms with Crippen LogP contribution in [0, 0.1) is 20.8 Å². The number of rotatable bonds is 3. The number of nitrogens with zero attached hydrogens (tertiary/aromatic N) is 3. The van der Waals surface area contributed by atoms with Crippen LogP contribution in [0.4, 0.5) is 10.5 Å². The number of carbonyl (C=O) groups is 1. The van der Waals surface area contributed by atoms with Gasteiger partial charge < -0.3 is 10.2 Å². The van der Waals surface area contributed by atoms with E-state index in [1.807, 2.05) is 55.3 Å².